The molecule has 0 aromatic carbocycles. The van der Waals surface area contributed by atoms with Crippen LogP contribution < -0.4 is 0 Å². The Balaban J connectivity index is 2.68. The van der Waals surface area contributed by atoms with Gasteiger partial charge >= 0.3 is 5.97 Å². The number of hydrogen-bond acceptors (Lipinski definition) is 4. The molecule has 1 atom stereocenters. The van der Waals surface area contributed by atoms with Crippen molar-refractivity contribution in [2.24, 2.45) is 0 Å². The molecule has 1 aromatic heterocycles. The molecule has 0 aliphatic rings. The Morgan fingerprint density at radius 2 is 2.46 bits per heavy atom. The zero-order valence-electron chi connectivity index (χ0n) is 7.78. The maximum atomic E-state index is 11.4. The number of nitrogens with one attached hydrogen (secondary N) is 1. The first-order valence-corrected chi connectivity index (χ1v) is 4.31. The van der Waals surface area contributed by atoms with E-state index in [1.54, 1.807) is 13.1 Å². The number of aromatic nitrogens is 3. The van der Waals surface area contributed by atoms with Crippen LogP contribution >= 0.6 is 0 Å². The lowest BCUT2D eigenvalue weighted by Crippen LogP contribution is -2.15. The third-order valence-corrected chi connectivity index (χ3v) is 1.77. The van der Waals surface area contributed by atoms with Gasteiger partial charge in [-0.05, 0) is 13.3 Å². The van der Waals surface area contributed by atoms with Crippen LogP contribution in [0.3, 0.4) is 0 Å². The van der Waals surface area contributed by atoms with Gasteiger partial charge in [-0.3, -0.25) is 4.79 Å². The van der Waals surface area contributed by atoms with Crippen LogP contribution in [0.5, 0.6) is 0 Å². The topological polar surface area (TPSA) is 67.9 Å². The standard InChI is InChI=1S/C8H13N3O2/c1-3-6(8(12)13-4-2)7-5-9-11-10-7/h5-6H,3-4H2,1-2H3,(H,9,10,11). The first-order valence-electron chi connectivity index (χ1n) is 4.31. The molecule has 0 radical (unpaired) electrons. The molecule has 13 heavy (non-hydrogen) atoms. The predicted octanol–water partition coefficient (Wildman–Crippen LogP) is 0.861. The number of H-pyrrole nitrogens is 1. The van der Waals surface area contributed by atoms with E-state index in [0.717, 1.165) is 0 Å². The van der Waals surface area contributed by atoms with Crippen molar-refractivity contribution < 1.29 is 9.53 Å². The summed E-state index contributed by atoms with van der Waals surface area (Å²) in [5, 5.41) is 9.98. The number of rotatable bonds is 4. The van der Waals surface area contributed by atoms with Crippen molar-refractivity contribution in [3.05, 3.63) is 11.9 Å². The third-order valence-electron chi connectivity index (χ3n) is 1.77. The molecule has 0 fully saturated rings. The first kappa shape index (κ1) is 9.70. The molecule has 5 heteroatoms. The summed E-state index contributed by atoms with van der Waals surface area (Å²) in [6.45, 7) is 4.09. The van der Waals surface area contributed by atoms with Gasteiger partial charge in [0.05, 0.1) is 18.5 Å². The lowest BCUT2D eigenvalue weighted by Gasteiger charge is -2.09. The van der Waals surface area contributed by atoms with E-state index in [1.165, 1.54) is 0 Å². The second-order valence-electron chi connectivity index (χ2n) is 2.61. The van der Waals surface area contributed by atoms with Crippen molar-refractivity contribution in [3.8, 4) is 0 Å². The van der Waals surface area contributed by atoms with E-state index in [9.17, 15) is 4.79 Å². The molecular weight excluding hydrogens is 170 g/mol. The van der Waals surface area contributed by atoms with Crippen LogP contribution in [0, 0.1) is 0 Å². The lowest BCUT2D eigenvalue weighted by atomic mass is 10.0. The average molecular weight is 183 g/mol. The normalized spacial score (nSPS) is 12.5. The van der Waals surface area contributed by atoms with Crippen LogP contribution in [0.2, 0.25) is 0 Å². The maximum absolute atomic E-state index is 11.4. The van der Waals surface area contributed by atoms with Gasteiger partial charge in [0, 0.05) is 0 Å². The third kappa shape index (κ3) is 2.27. The SMILES string of the molecule is CCOC(=O)C(CC)c1cn[nH]n1. The molecule has 72 valence electrons. The molecule has 1 heterocycles. The molecule has 0 aliphatic carbocycles. The van der Waals surface area contributed by atoms with E-state index in [4.69, 9.17) is 4.74 Å². The van der Waals surface area contributed by atoms with Crippen molar-refractivity contribution in [3.63, 3.8) is 0 Å². The molecule has 0 bridgehead atoms. The first-order chi connectivity index (χ1) is 6.29. The Morgan fingerprint density at radius 3 is 2.92 bits per heavy atom. The Bertz CT molecular complexity index is 258. The highest BCUT2D eigenvalue weighted by atomic mass is 16.5. The highest BCUT2D eigenvalue weighted by Gasteiger charge is 2.21. The van der Waals surface area contributed by atoms with E-state index in [2.05, 4.69) is 15.4 Å². The number of carbonyl (C=O) groups excluding carboxylic acids is 1. The minimum Gasteiger partial charge on any atom is -0.465 e. The number of esters is 1. The van der Waals surface area contributed by atoms with Gasteiger partial charge in [-0.15, -0.1) is 0 Å². The van der Waals surface area contributed by atoms with Crippen molar-refractivity contribution >= 4 is 5.97 Å². The fourth-order valence-corrected chi connectivity index (χ4v) is 1.12. The maximum Gasteiger partial charge on any atom is 0.315 e. The minimum atomic E-state index is -0.293. The fraction of sp³-hybridized carbons (Fsp3) is 0.625. The summed E-state index contributed by atoms with van der Waals surface area (Å²) < 4.78 is 4.90. The summed E-state index contributed by atoms with van der Waals surface area (Å²) in [6, 6.07) is 0. The van der Waals surface area contributed by atoms with Crippen molar-refractivity contribution in [1.82, 2.24) is 15.4 Å². The van der Waals surface area contributed by atoms with Gasteiger partial charge < -0.3 is 4.74 Å². The second-order valence-corrected chi connectivity index (χ2v) is 2.61. The largest absolute Gasteiger partial charge is 0.465 e. The molecule has 1 unspecified atom stereocenters. The summed E-state index contributed by atoms with van der Waals surface area (Å²) in [7, 11) is 0. The van der Waals surface area contributed by atoms with E-state index in [0.29, 0.717) is 18.7 Å². The Kier molecular flexibility index (Phi) is 3.42. The van der Waals surface area contributed by atoms with Crippen LogP contribution in [-0.4, -0.2) is 28.0 Å². The summed E-state index contributed by atoms with van der Waals surface area (Å²) >= 11 is 0. The average Bonchev–Trinajstić information content (AvgIpc) is 2.59. The summed E-state index contributed by atoms with van der Waals surface area (Å²) in [6.07, 6.45) is 2.22. The van der Waals surface area contributed by atoms with Crippen molar-refractivity contribution in [2.75, 3.05) is 6.61 Å². The van der Waals surface area contributed by atoms with Crippen LogP contribution in [0.25, 0.3) is 0 Å². The molecule has 0 amide bonds. The van der Waals surface area contributed by atoms with Crippen LogP contribution in [-0.2, 0) is 9.53 Å². The number of carbonyl (C=O) groups is 1. The van der Waals surface area contributed by atoms with Crippen LogP contribution in [0.15, 0.2) is 6.20 Å². The number of nitrogens with zero attached hydrogens (tertiary/aromatic N) is 2. The molecule has 0 spiro atoms. The number of ether oxygens (including phenoxy) is 1. The molecule has 1 rings (SSSR count). The monoisotopic (exact) mass is 183 g/mol. The number of aromatic amines is 1. The Hall–Kier alpha value is -1.39. The highest BCUT2D eigenvalue weighted by molar-refractivity contribution is 5.77. The van der Waals surface area contributed by atoms with E-state index < -0.39 is 0 Å². The molecule has 0 saturated carbocycles. The van der Waals surface area contributed by atoms with Gasteiger partial charge in [0.2, 0.25) is 0 Å². The molecule has 0 saturated heterocycles. The highest BCUT2D eigenvalue weighted by Crippen LogP contribution is 2.17. The minimum absolute atomic E-state index is 0.237. The molecule has 5 nitrogen and oxygen atoms in total. The van der Waals surface area contributed by atoms with Crippen LogP contribution in [0.4, 0.5) is 0 Å². The van der Waals surface area contributed by atoms with E-state index in [1.807, 2.05) is 6.92 Å². The smallest absolute Gasteiger partial charge is 0.315 e. The van der Waals surface area contributed by atoms with Crippen LogP contribution in [0.1, 0.15) is 31.9 Å². The summed E-state index contributed by atoms with van der Waals surface area (Å²) in [4.78, 5) is 11.4. The van der Waals surface area contributed by atoms with Gasteiger partial charge in [-0.2, -0.15) is 15.4 Å². The quantitative estimate of drug-likeness (QED) is 0.703. The van der Waals surface area contributed by atoms with Gasteiger partial charge in [0.25, 0.3) is 0 Å². The summed E-state index contributed by atoms with van der Waals surface area (Å²) in [5.74, 6) is -0.530. The Morgan fingerprint density at radius 1 is 1.69 bits per heavy atom. The Labute approximate surface area is 76.5 Å². The zero-order valence-corrected chi connectivity index (χ0v) is 7.78. The van der Waals surface area contributed by atoms with Crippen molar-refractivity contribution in [1.29, 1.82) is 0 Å². The van der Waals surface area contributed by atoms with E-state index in [-0.39, 0.29) is 11.9 Å². The molecule has 1 N–H and O–H groups in total. The van der Waals surface area contributed by atoms with Gasteiger partial charge in [-0.1, -0.05) is 6.92 Å². The summed E-state index contributed by atoms with van der Waals surface area (Å²) in [5.41, 5.74) is 0.640. The predicted molar refractivity (Wildman–Crippen MR) is 46.0 cm³/mol. The molecule has 1 aromatic rings. The molecular formula is C8H13N3O2. The van der Waals surface area contributed by atoms with Gasteiger partial charge in [0.15, 0.2) is 0 Å². The van der Waals surface area contributed by atoms with E-state index >= 15 is 0 Å². The van der Waals surface area contributed by atoms with Gasteiger partial charge in [-0.25, -0.2) is 0 Å². The fourth-order valence-electron chi connectivity index (χ4n) is 1.12. The zero-order chi connectivity index (χ0) is 9.68. The second kappa shape index (κ2) is 4.59. The molecule has 0 aliphatic heterocycles. The van der Waals surface area contributed by atoms with Crippen molar-refractivity contribution in [2.45, 2.75) is 26.2 Å². The van der Waals surface area contributed by atoms with Gasteiger partial charge in [0.1, 0.15) is 5.92 Å². The lowest BCUT2D eigenvalue weighted by molar-refractivity contribution is -0.145. The number of hydrogen-bond donors (Lipinski definition) is 1.